The number of benzene rings is 1. The molecule has 1 amide bonds. The summed E-state index contributed by atoms with van der Waals surface area (Å²) in [6.07, 6.45) is 3.52. The van der Waals surface area contributed by atoms with Crippen molar-refractivity contribution in [2.24, 2.45) is 4.99 Å². The van der Waals surface area contributed by atoms with E-state index >= 15 is 0 Å². The second-order valence-corrected chi connectivity index (χ2v) is 6.43. The van der Waals surface area contributed by atoms with Gasteiger partial charge in [0.25, 0.3) is 0 Å². The summed E-state index contributed by atoms with van der Waals surface area (Å²) in [7, 11) is 3.36. The van der Waals surface area contributed by atoms with Crippen molar-refractivity contribution < 1.29 is 14.3 Å². The molecule has 0 aromatic heterocycles. The molecule has 0 aliphatic heterocycles. The average Bonchev–Trinajstić information content (AvgIpc) is 3.45. The molecule has 1 atom stereocenters. The molecule has 0 spiro atoms. The number of nitrogens with one attached hydrogen (secondary N) is 3. The zero-order valence-electron chi connectivity index (χ0n) is 15.9. The molecule has 0 heterocycles. The van der Waals surface area contributed by atoms with Gasteiger partial charge in [0.1, 0.15) is 17.6 Å². The van der Waals surface area contributed by atoms with Crippen molar-refractivity contribution in [2.75, 3.05) is 27.2 Å². The molecule has 7 nitrogen and oxygen atoms in total. The van der Waals surface area contributed by atoms with Gasteiger partial charge in [0.05, 0.1) is 13.7 Å². The lowest BCUT2D eigenvalue weighted by Gasteiger charge is -2.18. The molecule has 1 aromatic carbocycles. The van der Waals surface area contributed by atoms with Gasteiger partial charge in [-0.3, -0.25) is 9.79 Å². The van der Waals surface area contributed by atoms with Gasteiger partial charge in [-0.25, -0.2) is 0 Å². The minimum atomic E-state index is -0.0371. The van der Waals surface area contributed by atoms with Crippen LogP contribution in [0.3, 0.4) is 0 Å². The summed E-state index contributed by atoms with van der Waals surface area (Å²) in [6.45, 7) is 3.30. The Hall–Kier alpha value is -2.44. The molecule has 144 valence electrons. The minimum absolute atomic E-state index is 0.0371. The Morgan fingerprint density at radius 2 is 2.08 bits per heavy atom. The molecule has 1 aliphatic rings. The summed E-state index contributed by atoms with van der Waals surface area (Å²) in [5, 5.41) is 9.43. The topological polar surface area (TPSA) is 84.0 Å². The summed E-state index contributed by atoms with van der Waals surface area (Å²) in [6, 6.07) is 7.96. The molecule has 1 aliphatic carbocycles. The van der Waals surface area contributed by atoms with E-state index in [0.717, 1.165) is 30.8 Å². The van der Waals surface area contributed by atoms with Crippen LogP contribution in [0.4, 0.5) is 0 Å². The number of hydrogen-bond acceptors (Lipinski definition) is 4. The second kappa shape index (κ2) is 10.5. The number of carbonyl (C=O) groups excluding carboxylic acids is 1. The maximum atomic E-state index is 11.6. The monoisotopic (exact) mass is 362 g/mol. The smallest absolute Gasteiger partial charge is 0.220 e. The predicted molar refractivity (Wildman–Crippen MR) is 103 cm³/mol. The van der Waals surface area contributed by atoms with E-state index in [1.54, 1.807) is 14.2 Å². The van der Waals surface area contributed by atoms with E-state index in [1.807, 2.05) is 31.2 Å². The van der Waals surface area contributed by atoms with Gasteiger partial charge in [0.15, 0.2) is 5.96 Å². The molecule has 0 saturated heterocycles. The third-order valence-corrected chi connectivity index (χ3v) is 3.97. The average molecular weight is 362 g/mol. The molecule has 1 saturated carbocycles. The lowest BCUT2D eigenvalue weighted by atomic mass is 10.3. The number of methoxy groups -OCH3 is 1. The van der Waals surface area contributed by atoms with Crippen LogP contribution in [0, 0.1) is 0 Å². The largest absolute Gasteiger partial charge is 0.497 e. The molecular formula is C19H30N4O3. The van der Waals surface area contributed by atoms with E-state index in [4.69, 9.17) is 9.47 Å². The molecule has 2 rings (SSSR count). The Balaban J connectivity index is 1.61. The fraction of sp³-hybridized carbons (Fsp3) is 0.579. The van der Waals surface area contributed by atoms with Crippen LogP contribution in [-0.4, -0.2) is 51.3 Å². The van der Waals surface area contributed by atoms with Crippen LogP contribution < -0.4 is 25.4 Å². The number of carbonyl (C=O) groups is 1. The van der Waals surface area contributed by atoms with E-state index in [-0.39, 0.29) is 12.0 Å². The zero-order chi connectivity index (χ0) is 18.8. The standard InChI is InChI=1S/C19H30N4O3/c1-14(26-17-7-4-6-16(12-17)25-3)13-22-19(20-2)21-11-5-8-18(24)23-15-9-10-15/h4,6-7,12,14-15H,5,8-11,13H2,1-3H3,(H,23,24)(H2,20,21,22). The normalized spacial score (nSPS) is 15.1. The highest BCUT2D eigenvalue weighted by Crippen LogP contribution is 2.20. The van der Waals surface area contributed by atoms with Crippen LogP contribution in [-0.2, 0) is 4.79 Å². The van der Waals surface area contributed by atoms with Crippen molar-refractivity contribution >= 4 is 11.9 Å². The first-order valence-electron chi connectivity index (χ1n) is 9.15. The molecule has 0 radical (unpaired) electrons. The molecular weight excluding hydrogens is 332 g/mol. The molecule has 7 heteroatoms. The van der Waals surface area contributed by atoms with Gasteiger partial charge in [-0.2, -0.15) is 0 Å². The summed E-state index contributed by atoms with van der Waals surface area (Å²) < 4.78 is 11.1. The number of aliphatic imine (C=N–C) groups is 1. The Morgan fingerprint density at radius 3 is 2.77 bits per heavy atom. The molecule has 0 bridgehead atoms. The maximum Gasteiger partial charge on any atom is 0.220 e. The molecule has 26 heavy (non-hydrogen) atoms. The third-order valence-electron chi connectivity index (χ3n) is 3.97. The van der Waals surface area contributed by atoms with Crippen LogP contribution in [0.1, 0.15) is 32.6 Å². The van der Waals surface area contributed by atoms with Gasteiger partial charge in [-0.1, -0.05) is 6.07 Å². The summed E-state index contributed by atoms with van der Waals surface area (Å²) in [5.74, 6) is 2.38. The lowest BCUT2D eigenvalue weighted by Crippen LogP contribution is -2.42. The summed E-state index contributed by atoms with van der Waals surface area (Å²) in [5.41, 5.74) is 0. The molecule has 3 N–H and O–H groups in total. The number of nitrogens with zero attached hydrogens (tertiary/aromatic N) is 1. The van der Waals surface area contributed by atoms with Gasteiger partial charge < -0.3 is 25.4 Å². The fourth-order valence-electron chi connectivity index (χ4n) is 2.39. The van der Waals surface area contributed by atoms with Crippen molar-refractivity contribution in [3.8, 4) is 11.5 Å². The van der Waals surface area contributed by atoms with Crippen LogP contribution in [0.15, 0.2) is 29.3 Å². The van der Waals surface area contributed by atoms with Gasteiger partial charge in [-0.15, -0.1) is 0 Å². The highest BCUT2D eigenvalue weighted by molar-refractivity contribution is 5.80. The van der Waals surface area contributed by atoms with Gasteiger partial charge >= 0.3 is 0 Å². The van der Waals surface area contributed by atoms with E-state index in [1.165, 1.54) is 0 Å². The van der Waals surface area contributed by atoms with Gasteiger partial charge in [0.2, 0.25) is 5.91 Å². The van der Waals surface area contributed by atoms with Crippen LogP contribution in [0.5, 0.6) is 11.5 Å². The van der Waals surface area contributed by atoms with E-state index in [2.05, 4.69) is 20.9 Å². The number of amides is 1. The van der Waals surface area contributed by atoms with Crippen LogP contribution >= 0.6 is 0 Å². The molecule has 1 aromatic rings. The number of rotatable bonds is 10. The lowest BCUT2D eigenvalue weighted by molar-refractivity contribution is -0.121. The first-order valence-corrected chi connectivity index (χ1v) is 9.15. The highest BCUT2D eigenvalue weighted by atomic mass is 16.5. The van der Waals surface area contributed by atoms with Crippen LogP contribution in [0.2, 0.25) is 0 Å². The second-order valence-electron chi connectivity index (χ2n) is 6.43. The van der Waals surface area contributed by atoms with Crippen molar-refractivity contribution in [3.63, 3.8) is 0 Å². The Kier molecular flexibility index (Phi) is 8.05. The molecule has 1 fully saturated rings. The predicted octanol–water partition coefficient (Wildman–Crippen LogP) is 1.69. The van der Waals surface area contributed by atoms with Gasteiger partial charge in [0, 0.05) is 32.1 Å². The fourth-order valence-corrected chi connectivity index (χ4v) is 2.39. The van der Waals surface area contributed by atoms with E-state index in [9.17, 15) is 4.79 Å². The quantitative estimate of drug-likeness (QED) is 0.335. The first kappa shape index (κ1) is 19.9. The minimum Gasteiger partial charge on any atom is -0.497 e. The Morgan fingerprint density at radius 1 is 1.31 bits per heavy atom. The summed E-state index contributed by atoms with van der Waals surface area (Å²) >= 11 is 0. The van der Waals surface area contributed by atoms with E-state index < -0.39 is 0 Å². The molecule has 1 unspecified atom stereocenters. The van der Waals surface area contributed by atoms with Gasteiger partial charge in [-0.05, 0) is 38.3 Å². The van der Waals surface area contributed by atoms with Crippen molar-refractivity contribution in [2.45, 2.75) is 44.8 Å². The number of guanidine groups is 1. The highest BCUT2D eigenvalue weighted by Gasteiger charge is 2.22. The van der Waals surface area contributed by atoms with Crippen LogP contribution in [0.25, 0.3) is 0 Å². The van der Waals surface area contributed by atoms with Crippen molar-refractivity contribution in [3.05, 3.63) is 24.3 Å². The van der Waals surface area contributed by atoms with Crippen molar-refractivity contribution in [1.82, 2.24) is 16.0 Å². The van der Waals surface area contributed by atoms with E-state index in [0.29, 0.717) is 31.5 Å². The maximum absolute atomic E-state index is 11.6. The SMILES string of the molecule is CN=C(NCCCC(=O)NC1CC1)NCC(C)Oc1cccc(OC)c1. The summed E-state index contributed by atoms with van der Waals surface area (Å²) in [4.78, 5) is 15.8. The Labute approximate surface area is 155 Å². The number of ether oxygens (including phenoxy) is 2. The number of hydrogen-bond donors (Lipinski definition) is 3. The first-order chi connectivity index (χ1) is 12.6. The Bertz CT molecular complexity index is 602. The zero-order valence-corrected chi connectivity index (χ0v) is 15.9. The third kappa shape index (κ3) is 7.63. The van der Waals surface area contributed by atoms with Crippen molar-refractivity contribution in [1.29, 1.82) is 0 Å².